The van der Waals surface area contributed by atoms with Gasteiger partial charge in [0.05, 0.1) is 20.1 Å². The average molecular weight is 361 g/mol. The molecule has 0 unspecified atom stereocenters. The molecular weight excluding hydrogens is 338 g/mol. The molecule has 0 bridgehead atoms. The third-order valence-corrected chi connectivity index (χ3v) is 4.61. The Hall–Kier alpha value is -2.70. The van der Waals surface area contributed by atoms with E-state index in [0.29, 0.717) is 56.4 Å². The van der Waals surface area contributed by atoms with E-state index >= 15 is 0 Å². The Morgan fingerprint density at radius 3 is 2.58 bits per heavy atom. The summed E-state index contributed by atoms with van der Waals surface area (Å²) in [5.41, 5.74) is 0.795. The number of piperidine rings is 1. The van der Waals surface area contributed by atoms with Crippen molar-refractivity contribution >= 4 is 18.0 Å². The number of rotatable bonds is 4. The van der Waals surface area contributed by atoms with Crippen molar-refractivity contribution < 1.29 is 28.5 Å². The monoisotopic (exact) mass is 361 g/mol. The van der Waals surface area contributed by atoms with Crippen molar-refractivity contribution in [3.05, 3.63) is 23.8 Å². The molecule has 1 aromatic carbocycles. The number of esters is 1. The van der Waals surface area contributed by atoms with E-state index in [1.54, 1.807) is 24.2 Å². The number of carbonyl (C=O) groups excluding carboxylic acids is 2. The molecule has 0 aromatic heterocycles. The molecule has 1 fully saturated rings. The molecular formula is C19H23NO6. The second-order valence-corrected chi connectivity index (χ2v) is 6.20. The lowest BCUT2D eigenvalue weighted by molar-refractivity contribution is -0.148. The van der Waals surface area contributed by atoms with Crippen LogP contribution in [-0.2, 0) is 14.3 Å². The minimum atomic E-state index is -0.198. The number of likely N-dealkylation sites (tertiary alicyclic amines) is 1. The van der Waals surface area contributed by atoms with Crippen LogP contribution in [0.1, 0.15) is 18.4 Å². The van der Waals surface area contributed by atoms with Crippen molar-refractivity contribution in [3.63, 3.8) is 0 Å². The molecule has 0 atom stereocenters. The van der Waals surface area contributed by atoms with Gasteiger partial charge >= 0.3 is 5.97 Å². The van der Waals surface area contributed by atoms with Gasteiger partial charge in [-0.25, -0.2) is 0 Å². The normalized spacial score (nSPS) is 17.2. The first-order valence-electron chi connectivity index (χ1n) is 8.65. The Morgan fingerprint density at radius 2 is 1.88 bits per heavy atom. The van der Waals surface area contributed by atoms with Crippen LogP contribution in [0.5, 0.6) is 17.2 Å². The summed E-state index contributed by atoms with van der Waals surface area (Å²) in [7, 11) is 2.96. The molecule has 2 aliphatic heterocycles. The molecule has 0 aliphatic carbocycles. The lowest BCUT2D eigenvalue weighted by Crippen LogP contribution is -2.39. The van der Waals surface area contributed by atoms with Gasteiger partial charge in [-0.3, -0.25) is 9.59 Å². The summed E-state index contributed by atoms with van der Waals surface area (Å²) in [6, 6.07) is 3.63. The highest BCUT2D eigenvalue weighted by Crippen LogP contribution is 2.40. The molecule has 7 heteroatoms. The van der Waals surface area contributed by atoms with E-state index in [-0.39, 0.29) is 17.8 Å². The van der Waals surface area contributed by atoms with Gasteiger partial charge < -0.3 is 23.8 Å². The van der Waals surface area contributed by atoms with Crippen LogP contribution >= 0.6 is 0 Å². The van der Waals surface area contributed by atoms with Gasteiger partial charge in [-0.2, -0.15) is 0 Å². The number of amides is 1. The predicted octanol–water partition coefficient (Wildman–Crippen LogP) is 1.89. The van der Waals surface area contributed by atoms with E-state index in [1.165, 1.54) is 13.2 Å². The summed E-state index contributed by atoms with van der Waals surface area (Å²) >= 11 is 0. The number of nitrogens with zero attached hydrogens (tertiary/aromatic N) is 1. The van der Waals surface area contributed by atoms with Gasteiger partial charge in [-0.1, -0.05) is 0 Å². The number of fused-ring (bicyclic) bond motifs is 1. The van der Waals surface area contributed by atoms with Crippen molar-refractivity contribution in [3.8, 4) is 17.2 Å². The minimum absolute atomic E-state index is 0.0813. The first-order valence-corrected chi connectivity index (χ1v) is 8.65. The highest BCUT2D eigenvalue weighted by Gasteiger charge is 2.27. The van der Waals surface area contributed by atoms with Gasteiger partial charge in [0.2, 0.25) is 11.7 Å². The minimum Gasteiger partial charge on any atom is -0.493 e. The zero-order chi connectivity index (χ0) is 18.5. The van der Waals surface area contributed by atoms with Crippen LogP contribution in [-0.4, -0.2) is 57.3 Å². The van der Waals surface area contributed by atoms with Crippen LogP contribution in [0.3, 0.4) is 0 Å². The standard InChI is InChI=1S/C19H23NO6/c1-23-15-11-13(12-16-18(15)26-10-9-25-16)3-4-17(21)20-7-5-14(6-8-20)19(22)24-2/h3-4,11-12,14H,5-10H2,1-2H3/b4-3-. The highest BCUT2D eigenvalue weighted by atomic mass is 16.6. The van der Waals surface area contributed by atoms with Crippen molar-refractivity contribution in [1.82, 2.24) is 4.90 Å². The SMILES string of the molecule is COC(=O)C1CCN(C(=O)/C=C\c2cc(OC)c3c(c2)OCCO3)CC1. The second-order valence-electron chi connectivity index (χ2n) is 6.20. The average Bonchev–Trinajstić information content (AvgIpc) is 2.70. The zero-order valence-electron chi connectivity index (χ0n) is 15.0. The Bertz CT molecular complexity index is 689. The molecule has 0 radical (unpaired) electrons. The van der Waals surface area contributed by atoms with Gasteiger partial charge in [0.15, 0.2) is 11.5 Å². The summed E-state index contributed by atoms with van der Waals surface area (Å²) < 4.78 is 21.3. The maximum absolute atomic E-state index is 12.4. The van der Waals surface area contributed by atoms with Gasteiger partial charge in [-0.05, 0) is 36.6 Å². The molecule has 26 heavy (non-hydrogen) atoms. The predicted molar refractivity (Wildman–Crippen MR) is 94.3 cm³/mol. The quantitative estimate of drug-likeness (QED) is 0.602. The zero-order valence-corrected chi connectivity index (χ0v) is 15.0. The molecule has 140 valence electrons. The van der Waals surface area contributed by atoms with Gasteiger partial charge in [0.1, 0.15) is 13.2 Å². The number of methoxy groups -OCH3 is 2. The maximum Gasteiger partial charge on any atom is 0.308 e. The molecule has 2 aliphatic rings. The van der Waals surface area contributed by atoms with E-state index in [9.17, 15) is 9.59 Å². The van der Waals surface area contributed by atoms with E-state index in [4.69, 9.17) is 18.9 Å². The molecule has 2 heterocycles. The molecule has 0 spiro atoms. The Kier molecular flexibility index (Phi) is 5.65. The fourth-order valence-electron chi connectivity index (χ4n) is 3.16. The van der Waals surface area contributed by atoms with Crippen LogP contribution in [0.4, 0.5) is 0 Å². The van der Waals surface area contributed by atoms with Crippen LogP contribution in [0.15, 0.2) is 18.2 Å². The summed E-state index contributed by atoms with van der Waals surface area (Å²) in [5, 5.41) is 0. The Morgan fingerprint density at radius 1 is 1.15 bits per heavy atom. The van der Waals surface area contributed by atoms with E-state index in [1.807, 2.05) is 6.07 Å². The lowest BCUT2D eigenvalue weighted by atomic mass is 9.97. The largest absolute Gasteiger partial charge is 0.493 e. The fourth-order valence-corrected chi connectivity index (χ4v) is 3.16. The third kappa shape index (κ3) is 3.92. The maximum atomic E-state index is 12.4. The summed E-state index contributed by atoms with van der Waals surface area (Å²) in [6.07, 6.45) is 4.52. The smallest absolute Gasteiger partial charge is 0.308 e. The van der Waals surface area contributed by atoms with Crippen molar-refractivity contribution in [2.75, 3.05) is 40.5 Å². The summed E-state index contributed by atoms with van der Waals surface area (Å²) in [5.74, 6) is 1.38. The van der Waals surface area contributed by atoms with Crippen LogP contribution in [0.25, 0.3) is 6.08 Å². The first-order chi connectivity index (χ1) is 12.6. The molecule has 1 aromatic rings. The molecule has 7 nitrogen and oxygen atoms in total. The van der Waals surface area contributed by atoms with Crippen molar-refractivity contribution in [2.45, 2.75) is 12.8 Å². The molecule has 1 saturated heterocycles. The molecule has 0 saturated carbocycles. The Balaban J connectivity index is 1.65. The van der Waals surface area contributed by atoms with Crippen molar-refractivity contribution in [2.24, 2.45) is 5.92 Å². The van der Waals surface area contributed by atoms with Gasteiger partial charge in [0, 0.05) is 19.2 Å². The summed E-state index contributed by atoms with van der Waals surface area (Å²) in [4.78, 5) is 25.7. The number of carbonyl (C=O) groups is 2. The highest BCUT2D eigenvalue weighted by molar-refractivity contribution is 5.92. The van der Waals surface area contributed by atoms with Crippen molar-refractivity contribution in [1.29, 1.82) is 0 Å². The fraction of sp³-hybridized carbons (Fsp3) is 0.474. The Labute approximate surface area is 152 Å². The topological polar surface area (TPSA) is 74.3 Å². The number of ether oxygens (including phenoxy) is 4. The first kappa shape index (κ1) is 18.1. The summed E-state index contributed by atoms with van der Waals surface area (Å²) in [6.45, 7) is 2.07. The van der Waals surface area contributed by atoms with E-state index < -0.39 is 0 Å². The number of hydrogen-bond acceptors (Lipinski definition) is 6. The van der Waals surface area contributed by atoms with E-state index in [0.717, 1.165) is 5.56 Å². The molecule has 1 amide bonds. The van der Waals surface area contributed by atoms with Crippen LogP contribution in [0, 0.1) is 5.92 Å². The molecule has 0 N–H and O–H groups in total. The molecule has 3 rings (SSSR count). The third-order valence-electron chi connectivity index (χ3n) is 4.61. The van der Waals surface area contributed by atoms with Gasteiger partial charge in [-0.15, -0.1) is 0 Å². The van der Waals surface area contributed by atoms with Crippen LogP contribution < -0.4 is 14.2 Å². The second kappa shape index (κ2) is 8.12. The lowest BCUT2D eigenvalue weighted by Gasteiger charge is -2.29. The van der Waals surface area contributed by atoms with Crippen LogP contribution in [0.2, 0.25) is 0 Å². The number of benzene rings is 1. The van der Waals surface area contributed by atoms with Gasteiger partial charge in [0.25, 0.3) is 0 Å². The van der Waals surface area contributed by atoms with E-state index in [2.05, 4.69) is 0 Å². The number of hydrogen-bond donors (Lipinski definition) is 0.